The van der Waals surface area contributed by atoms with Crippen molar-refractivity contribution in [2.24, 2.45) is 5.41 Å². The molecule has 0 aromatic carbocycles. The van der Waals surface area contributed by atoms with E-state index in [1.165, 1.54) is 4.57 Å². The lowest BCUT2D eigenvalue weighted by Crippen LogP contribution is -2.40. The highest BCUT2D eigenvalue weighted by Gasteiger charge is 2.35. The van der Waals surface area contributed by atoms with Gasteiger partial charge >= 0.3 is 5.69 Å². The summed E-state index contributed by atoms with van der Waals surface area (Å²) in [7, 11) is 0. The van der Waals surface area contributed by atoms with E-state index in [9.17, 15) is 9.59 Å². The molecule has 1 heterocycles. The first-order chi connectivity index (χ1) is 9.89. The number of halogens is 1. The highest BCUT2D eigenvalue weighted by atomic mass is 35.5. The zero-order valence-electron chi connectivity index (χ0n) is 12.7. The molecule has 21 heavy (non-hydrogen) atoms. The fraction of sp³-hybridized carbons (Fsp3) is 0.750. The second kappa shape index (κ2) is 5.31. The van der Waals surface area contributed by atoms with Gasteiger partial charge in [-0.05, 0) is 43.4 Å². The SMILES string of the molecule is CC1(C)CCC(n2c(=O)[nH]c(Cl)c(C3CCCC3)c2=O)C1. The third-order valence-electron chi connectivity index (χ3n) is 5.19. The third-order valence-corrected chi connectivity index (χ3v) is 5.49. The lowest BCUT2D eigenvalue weighted by atomic mass is 9.92. The van der Waals surface area contributed by atoms with Gasteiger partial charge in [0, 0.05) is 6.04 Å². The van der Waals surface area contributed by atoms with Crippen molar-refractivity contribution in [1.29, 1.82) is 0 Å². The van der Waals surface area contributed by atoms with Crippen LogP contribution in [0.1, 0.15) is 76.3 Å². The van der Waals surface area contributed by atoms with Crippen molar-refractivity contribution in [1.82, 2.24) is 9.55 Å². The minimum Gasteiger partial charge on any atom is -0.297 e. The average molecular weight is 311 g/mol. The minimum absolute atomic E-state index is 0.00803. The first kappa shape index (κ1) is 14.9. The van der Waals surface area contributed by atoms with Crippen LogP contribution in [-0.2, 0) is 0 Å². The molecule has 0 radical (unpaired) electrons. The normalized spacial score (nSPS) is 25.6. The van der Waals surface area contributed by atoms with Gasteiger partial charge in [-0.3, -0.25) is 14.3 Å². The number of aromatic nitrogens is 2. The van der Waals surface area contributed by atoms with Crippen LogP contribution in [0.4, 0.5) is 0 Å². The predicted molar refractivity (Wildman–Crippen MR) is 84.2 cm³/mol. The van der Waals surface area contributed by atoms with Gasteiger partial charge in [-0.1, -0.05) is 38.3 Å². The van der Waals surface area contributed by atoms with Gasteiger partial charge in [0.25, 0.3) is 5.56 Å². The zero-order valence-corrected chi connectivity index (χ0v) is 13.5. The van der Waals surface area contributed by atoms with Crippen LogP contribution in [-0.4, -0.2) is 9.55 Å². The second-order valence-corrected chi connectivity index (χ2v) is 7.75. The number of nitrogens with one attached hydrogen (secondary N) is 1. The van der Waals surface area contributed by atoms with Gasteiger partial charge in [0.1, 0.15) is 5.15 Å². The quantitative estimate of drug-likeness (QED) is 0.849. The second-order valence-electron chi connectivity index (χ2n) is 7.38. The van der Waals surface area contributed by atoms with Crippen molar-refractivity contribution in [3.05, 3.63) is 31.6 Å². The minimum atomic E-state index is -0.352. The predicted octanol–water partition coefficient (Wildman–Crippen LogP) is 3.60. The number of hydrogen-bond acceptors (Lipinski definition) is 2. The molecule has 1 N–H and O–H groups in total. The summed E-state index contributed by atoms with van der Waals surface area (Å²) in [4.78, 5) is 27.8. The summed E-state index contributed by atoms with van der Waals surface area (Å²) in [5.41, 5.74) is 0.329. The largest absolute Gasteiger partial charge is 0.329 e. The summed E-state index contributed by atoms with van der Waals surface area (Å²) in [5.74, 6) is 0.211. The Kier molecular flexibility index (Phi) is 3.76. The molecule has 0 spiro atoms. The Morgan fingerprint density at radius 3 is 2.43 bits per heavy atom. The Hall–Kier alpha value is -1.03. The van der Waals surface area contributed by atoms with E-state index in [2.05, 4.69) is 18.8 Å². The first-order valence-electron chi connectivity index (χ1n) is 7.93. The molecule has 2 fully saturated rings. The molecule has 0 saturated heterocycles. The highest BCUT2D eigenvalue weighted by molar-refractivity contribution is 6.30. The van der Waals surface area contributed by atoms with Crippen LogP contribution in [0.2, 0.25) is 5.15 Å². The van der Waals surface area contributed by atoms with E-state index in [-0.39, 0.29) is 33.8 Å². The van der Waals surface area contributed by atoms with E-state index in [0.29, 0.717) is 5.56 Å². The molecule has 4 nitrogen and oxygen atoms in total. The molecule has 1 unspecified atom stereocenters. The molecule has 1 aromatic rings. The summed E-state index contributed by atoms with van der Waals surface area (Å²) in [5, 5.41) is 0.255. The fourth-order valence-corrected chi connectivity index (χ4v) is 4.37. The maximum atomic E-state index is 12.9. The van der Waals surface area contributed by atoms with Crippen LogP contribution < -0.4 is 11.2 Å². The van der Waals surface area contributed by atoms with E-state index >= 15 is 0 Å². The molecular weight excluding hydrogens is 288 g/mol. The lowest BCUT2D eigenvalue weighted by molar-refractivity contribution is 0.352. The van der Waals surface area contributed by atoms with E-state index in [4.69, 9.17) is 11.6 Å². The molecular formula is C16H23ClN2O2. The number of aromatic amines is 1. The highest BCUT2D eigenvalue weighted by Crippen LogP contribution is 2.43. The Morgan fingerprint density at radius 2 is 1.86 bits per heavy atom. The molecule has 0 amide bonds. The Balaban J connectivity index is 2.07. The third kappa shape index (κ3) is 2.70. The molecule has 0 bridgehead atoms. The standard InChI is InChI=1S/C16H23ClN2O2/c1-16(2)8-7-11(9-16)19-14(20)12(10-5-3-4-6-10)13(17)18-15(19)21/h10-11H,3-9H2,1-2H3,(H,18,21). The number of H-pyrrole nitrogens is 1. The zero-order chi connectivity index (χ0) is 15.2. The molecule has 1 atom stereocenters. The summed E-state index contributed by atoms with van der Waals surface area (Å²) < 4.78 is 1.44. The van der Waals surface area contributed by atoms with Crippen LogP contribution in [0.5, 0.6) is 0 Å². The van der Waals surface area contributed by atoms with Crippen molar-refractivity contribution in [3.8, 4) is 0 Å². The fourth-order valence-electron chi connectivity index (χ4n) is 4.06. The summed E-state index contributed by atoms with van der Waals surface area (Å²) >= 11 is 6.18. The molecule has 0 aliphatic heterocycles. The Morgan fingerprint density at radius 1 is 1.19 bits per heavy atom. The number of hydrogen-bond donors (Lipinski definition) is 1. The van der Waals surface area contributed by atoms with Crippen LogP contribution in [0.25, 0.3) is 0 Å². The molecule has 1 aromatic heterocycles. The van der Waals surface area contributed by atoms with Crippen molar-refractivity contribution in [2.45, 2.75) is 70.8 Å². The number of rotatable bonds is 2. The maximum absolute atomic E-state index is 12.9. The van der Waals surface area contributed by atoms with Gasteiger partial charge in [-0.25, -0.2) is 4.79 Å². The van der Waals surface area contributed by atoms with Gasteiger partial charge in [0.15, 0.2) is 0 Å². The van der Waals surface area contributed by atoms with Crippen LogP contribution in [0.15, 0.2) is 9.59 Å². The lowest BCUT2D eigenvalue weighted by Gasteiger charge is -2.20. The van der Waals surface area contributed by atoms with Crippen molar-refractivity contribution >= 4 is 11.6 Å². The first-order valence-corrected chi connectivity index (χ1v) is 8.31. The smallest absolute Gasteiger partial charge is 0.297 e. The summed E-state index contributed by atoms with van der Waals surface area (Å²) in [6.45, 7) is 4.39. The topological polar surface area (TPSA) is 54.9 Å². The average Bonchev–Trinajstić information content (AvgIpc) is 2.99. The van der Waals surface area contributed by atoms with E-state index in [1.807, 2.05) is 0 Å². The number of nitrogens with zero attached hydrogens (tertiary/aromatic N) is 1. The molecule has 2 saturated carbocycles. The molecule has 2 aliphatic rings. The summed E-state index contributed by atoms with van der Waals surface area (Å²) in [6, 6.07) is 0.00803. The van der Waals surface area contributed by atoms with Crippen molar-refractivity contribution in [2.75, 3.05) is 0 Å². The Labute approximate surface area is 129 Å². The maximum Gasteiger partial charge on any atom is 0.329 e. The summed E-state index contributed by atoms with van der Waals surface area (Å²) in [6.07, 6.45) is 7.08. The van der Waals surface area contributed by atoms with Crippen LogP contribution >= 0.6 is 11.6 Å². The Bertz CT molecular complexity index is 653. The van der Waals surface area contributed by atoms with Gasteiger partial charge < -0.3 is 0 Å². The van der Waals surface area contributed by atoms with E-state index in [0.717, 1.165) is 44.9 Å². The van der Waals surface area contributed by atoms with Crippen LogP contribution in [0.3, 0.4) is 0 Å². The van der Waals surface area contributed by atoms with Crippen molar-refractivity contribution in [3.63, 3.8) is 0 Å². The van der Waals surface area contributed by atoms with Gasteiger partial charge in [-0.2, -0.15) is 0 Å². The van der Waals surface area contributed by atoms with Gasteiger partial charge in [0.05, 0.1) is 5.56 Å². The van der Waals surface area contributed by atoms with E-state index < -0.39 is 0 Å². The van der Waals surface area contributed by atoms with E-state index in [1.54, 1.807) is 0 Å². The monoisotopic (exact) mass is 310 g/mol. The molecule has 2 aliphatic carbocycles. The van der Waals surface area contributed by atoms with Gasteiger partial charge in [0.2, 0.25) is 0 Å². The molecule has 116 valence electrons. The van der Waals surface area contributed by atoms with Crippen molar-refractivity contribution < 1.29 is 0 Å². The molecule has 3 rings (SSSR count). The molecule has 5 heteroatoms. The van der Waals surface area contributed by atoms with Gasteiger partial charge in [-0.15, -0.1) is 0 Å². The van der Waals surface area contributed by atoms with Crippen LogP contribution in [0, 0.1) is 5.41 Å².